The predicted octanol–water partition coefficient (Wildman–Crippen LogP) is 6.83. The molecule has 11 nitrogen and oxygen atoms in total. The molecule has 4 rings (SSSR count). The van der Waals surface area contributed by atoms with Gasteiger partial charge in [-0.25, -0.2) is 8.42 Å². The Morgan fingerprint density at radius 2 is 1.58 bits per heavy atom. The van der Waals surface area contributed by atoms with Crippen LogP contribution in [0.2, 0.25) is 10.0 Å². The Hall–Kier alpha value is -4.65. The van der Waals surface area contributed by atoms with Crippen molar-refractivity contribution in [2.24, 2.45) is 5.92 Å². The van der Waals surface area contributed by atoms with Crippen molar-refractivity contribution in [2.45, 2.75) is 44.7 Å². The number of benzene rings is 4. The van der Waals surface area contributed by atoms with Crippen LogP contribution in [0.4, 0.5) is 11.4 Å². The van der Waals surface area contributed by atoms with Gasteiger partial charge in [0.15, 0.2) is 0 Å². The number of amides is 2. The maximum atomic E-state index is 14.7. The van der Waals surface area contributed by atoms with Gasteiger partial charge in [0.05, 0.1) is 22.6 Å². The molecule has 0 spiro atoms. The molecule has 1 atom stereocenters. The van der Waals surface area contributed by atoms with Crippen LogP contribution in [-0.2, 0) is 32.6 Å². The molecule has 0 aliphatic rings. The molecule has 4 aromatic rings. The van der Waals surface area contributed by atoms with E-state index in [1.165, 1.54) is 55.3 Å². The van der Waals surface area contributed by atoms with Crippen molar-refractivity contribution in [3.63, 3.8) is 0 Å². The fraction of sp³-hybridized carbons (Fsp3) is 0.278. The van der Waals surface area contributed by atoms with Crippen LogP contribution in [0.5, 0.6) is 5.75 Å². The highest BCUT2D eigenvalue weighted by Crippen LogP contribution is 2.31. The first-order valence-electron chi connectivity index (χ1n) is 15.7. The molecule has 0 aliphatic carbocycles. The van der Waals surface area contributed by atoms with Crippen LogP contribution in [0.25, 0.3) is 0 Å². The van der Waals surface area contributed by atoms with Gasteiger partial charge in [0.1, 0.15) is 18.3 Å². The van der Waals surface area contributed by atoms with E-state index in [2.05, 4.69) is 5.32 Å². The smallest absolute Gasteiger partial charge is 0.273 e. The van der Waals surface area contributed by atoms with Gasteiger partial charge < -0.3 is 15.0 Å². The van der Waals surface area contributed by atoms with E-state index in [0.29, 0.717) is 17.9 Å². The number of carbonyl (C=O) groups is 2. The molecule has 1 N–H and O–H groups in total. The second-order valence-electron chi connectivity index (χ2n) is 12.0. The summed E-state index contributed by atoms with van der Waals surface area (Å²) in [5.41, 5.74) is 1.08. The van der Waals surface area contributed by atoms with E-state index in [0.717, 1.165) is 15.9 Å². The molecule has 0 radical (unpaired) electrons. The summed E-state index contributed by atoms with van der Waals surface area (Å²) in [5, 5.41) is 15.2. The molecule has 0 saturated heterocycles. The number of rotatable bonds is 15. The Morgan fingerprint density at radius 3 is 2.16 bits per heavy atom. The van der Waals surface area contributed by atoms with Crippen molar-refractivity contribution in [3.8, 4) is 5.75 Å². The summed E-state index contributed by atoms with van der Waals surface area (Å²) < 4.78 is 34.8. The number of halogens is 2. The van der Waals surface area contributed by atoms with Crippen LogP contribution < -0.4 is 14.4 Å². The average molecular weight is 742 g/mol. The number of anilines is 1. The van der Waals surface area contributed by atoms with Gasteiger partial charge in [-0.05, 0) is 60.9 Å². The van der Waals surface area contributed by atoms with E-state index in [9.17, 15) is 28.1 Å². The van der Waals surface area contributed by atoms with Gasteiger partial charge in [-0.2, -0.15) is 0 Å². The number of methoxy groups -OCH3 is 1. The summed E-state index contributed by atoms with van der Waals surface area (Å²) in [6, 6.07) is 22.4. The number of aryl methyl sites for hydroxylation is 1. The third kappa shape index (κ3) is 9.32. The van der Waals surface area contributed by atoms with Crippen LogP contribution in [0.3, 0.4) is 0 Å². The molecule has 0 heterocycles. The number of nitro groups is 1. The molecular formula is C36H38Cl2N4O7S. The van der Waals surface area contributed by atoms with E-state index in [1.54, 1.807) is 18.2 Å². The number of carbonyl (C=O) groups excluding carboxylic acids is 2. The minimum absolute atomic E-state index is 0.0852. The third-order valence-corrected chi connectivity index (χ3v) is 10.4. The third-order valence-electron chi connectivity index (χ3n) is 7.95. The number of hydrogen-bond acceptors (Lipinski definition) is 7. The number of ether oxygens (including phenoxy) is 1. The Labute approximate surface area is 302 Å². The zero-order valence-corrected chi connectivity index (χ0v) is 30.3. The van der Waals surface area contributed by atoms with E-state index in [4.69, 9.17) is 27.9 Å². The lowest BCUT2D eigenvalue weighted by molar-refractivity contribution is -0.385. The summed E-state index contributed by atoms with van der Waals surface area (Å²) in [7, 11) is -3.15. The topological polar surface area (TPSA) is 139 Å². The van der Waals surface area contributed by atoms with Gasteiger partial charge in [0, 0.05) is 46.7 Å². The number of nitro benzene ring substituents is 1. The molecule has 264 valence electrons. The normalized spacial score (nSPS) is 11.9. The minimum Gasteiger partial charge on any atom is -0.497 e. The van der Waals surface area contributed by atoms with Crippen LogP contribution >= 0.6 is 23.2 Å². The van der Waals surface area contributed by atoms with Gasteiger partial charge in [0.2, 0.25) is 11.8 Å². The Bertz CT molecular complexity index is 1920. The lowest BCUT2D eigenvalue weighted by atomic mass is 10.0. The first-order valence-corrected chi connectivity index (χ1v) is 17.9. The van der Waals surface area contributed by atoms with Crippen molar-refractivity contribution >= 4 is 56.4 Å². The summed E-state index contributed by atoms with van der Waals surface area (Å²) in [5.74, 6) is -0.661. The number of hydrogen-bond donors (Lipinski definition) is 1. The zero-order chi connectivity index (χ0) is 36.6. The van der Waals surface area contributed by atoms with Gasteiger partial charge >= 0.3 is 0 Å². The Kier molecular flexibility index (Phi) is 12.9. The van der Waals surface area contributed by atoms with Crippen LogP contribution in [0.15, 0.2) is 95.9 Å². The molecule has 50 heavy (non-hydrogen) atoms. The lowest BCUT2D eigenvalue weighted by Crippen LogP contribution is -2.53. The second-order valence-corrected chi connectivity index (χ2v) is 14.7. The predicted molar refractivity (Wildman–Crippen MR) is 194 cm³/mol. The monoisotopic (exact) mass is 740 g/mol. The molecule has 0 bridgehead atoms. The summed E-state index contributed by atoms with van der Waals surface area (Å²) in [6.07, 6.45) is 0.0953. The molecule has 1 unspecified atom stereocenters. The van der Waals surface area contributed by atoms with E-state index in [-0.39, 0.29) is 40.2 Å². The first-order chi connectivity index (χ1) is 23.7. The van der Waals surface area contributed by atoms with Gasteiger partial charge in [-0.15, -0.1) is 0 Å². The number of nitrogens with zero attached hydrogens (tertiary/aromatic N) is 3. The van der Waals surface area contributed by atoms with Gasteiger partial charge in [0.25, 0.3) is 15.7 Å². The van der Waals surface area contributed by atoms with Crippen LogP contribution in [0.1, 0.15) is 30.5 Å². The summed E-state index contributed by atoms with van der Waals surface area (Å²) in [6.45, 7) is 4.70. The highest BCUT2D eigenvalue weighted by Gasteiger charge is 2.36. The average Bonchev–Trinajstić information content (AvgIpc) is 3.09. The number of nitrogens with one attached hydrogen (secondary N) is 1. The maximum Gasteiger partial charge on any atom is 0.273 e. The summed E-state index contributed by atoms with van der Waals surface area (Å²) in [4.78, 5) is 40.6. The minimum atomic E-state index is -4.60. The van der Waals surface area contributed by atoms with Crippen molar-refractivity contribution in [2.75, 3.05) is 24.5 Å². The van der Waals surface area contributed by atoms with E-state index >= 15 is 0 Å². The van der Waals surface area contributed by atoms with Gasteiger partial charge in [-0.1, -0.05) is 79.5 Å². The Balaban J connectivity index is 1.87. The maximum absolute atomic E-state index is 14.7. The molecule has 14 heteroatoms. The molecule has 0 aliphatic heterocycles. The van der Waals surface area contributed by atoms with Crippen molar-refractivity contribution < 1.29 is 27.7 Å². The largest absolute Gasteiger partial charge is 0.497 e. The zero-order valence-electron chi connectivity index (χ0n) is 28.0. The first kappa shape index (κ1) is 38.2. The van der Waals surface area contributed by atoms with Crippen LogP contribution in [-0.4, -0.2) is 56.3 Å². The van der Waals surface area contributed by atoms with Crippen LogP contribution in [0, 0.1) is 23.0 Å². The quantitative estimate of drug-likeness (QED) is 0.104. The molecule has 4 aromatic carbocycles. The summed E-state index contributed by atoms with van der Waals surface area (Å²) >= 11 is 13.1. The van der Waals surface area contributed by atoms with Gasteiger partial charge in [-0.3, -0.25) is 24.0 Å². The second kappa shape index (κ2) is 16.8. The number of sulfonamides is 1. The van der Waals surface area contributed by atoms with Crippen molar-refractivity contribution in [1.29, 1.82) is 0 Å². The SMILES string of the molecule is COc1ccc(N(CC(=O)N(Cc2c(Cl)cccc2Cl)C(Cc2ccccc2)C(=O)NCC(C)C)S(=O)(=O)c2ccc(C)c([N+](=O)[O-])c2)cc1. The lowest BCUT2D eigenvalue weighted by Gasteiger charge is -2.34. The standard InChI is InChI=1S/C36H38Cl2N4O7S/c1-24(2)21-39-36(44)34(19-26-9-6-5-7-10-26)40(22-30-31(37)11-8-12-32(30)38)35(43)23-41(27-14-16-28(49-4)17-15-27)50(47,48)29-18-13-25(3)33(20-29)42(45)46/h5-18,20,24,34H,19,21-23H2,1-4H3,(H,39,44). The fourth-order valence-corrected chi connectivity index (χ4v) is 7.13. The fourth-order valence-electron chi connectivity index (χ4n) is 5.18. The van der Waals surface area contributed by atoms with Crippen molar-refractivity contribution in [1.82, 2.24) is 10.2 Å². The molecular weight excluding hydrogens is 703 g/mol. The molecule has 0 saturated carbocycles. The van der Waals surface area contributed by atoms with E-state index in [1.807, 2.05) is 44.2 Å². The highest BCUT2D eigenvalue weighted by molar-refractivity contribution is 7.92. The Morgan fingerprint density at radius 1 is 0.940 bits per heavy atom. The molecule has 2 amide bonds. The highest BCUT2D eigenvalue weighted by atomic mass is 35.5. The van der Waals surface area contributed by atoms with Crippen molar-refractivity contribution in [3.05, 3.63) is 128 Å². The molecule has 0 aromatic heterocycles. The molecule has 0 fully saturated rings. The van der Waals surface area contributed by atoms with E-state index < -0.39 is 49.9 Å².